The summed E-state index contributed by atoms with van der Waals surface area (Å²) in [4.78, 5) is 2.08. The number of aliphatic hydroxyl groups is 1. The Morgan fingerprint density at radius 1 is 1.53 bits per heavy atom. The summed E-state index contributed by atoms with van der Waals surface area (Å²) in [6.45, 7) is 6.64. The van der Waals surface area contributed by atoms with Crippen LogP contribution in [0.3, 0.4) is 0 Å². The average Bonchev–Trinajstić information content (AvgIpc) is 2.77. The Bertz CT molecular complexity index is 388. The highest BCUT2D eigenvalue weighted by Gasteiger charge is 2.31. The minimum Gasteiger partial charge on any atom is -0.493 e. The molecule has 1 aromatic heterocycles. The van der Waals surface area contributed by atoms with E-state index in [-0.39, 0.29) is 0 Å². The molecule has 0 aliphatic heterocycles. The molecular weight excluding hydrogens is 244 g/mol. The van der Waals surface area contributed by atoms with Crippen molar-refractivity contribution in [1.82, 2.24) is 20.0 Å². The van der Waals surface area contributed by atoms with Gasteiger partial charge in [-0.15, -0.1) is 0 Å². The van der Waals surface area contributed by atoms with Crippen LogP contribution in [-0.2, 0) is 12.1 Å². The Morgan fingerprint density at radius 3 is 2.74 bits per heavy atom. The molecule has 0 aliphatic carbocycles. The first-order valence-corrected chi connectivity index (χ1v) is 6.60. The van der Waals surface area contributed by atoms with E-state index in [4.69, 9.17) is 4.74 Å². The SMILES string of the molecule is CCNCC(C)(O)c1c(OC)cnn1CCN(C)C. The number of nitrogens with one attached hydrogen (secondary N) is 1. The van der Waals surface area contributed by atoms with E-state index in [1.807, 2.05) is 25.7 Å². The van der Waals surface area contributed by atoms with Crippen LogP contribution in [-0.4, -0.2) is 60.6 Å². The maximum atomic E-state index is 10.6. The van der Waals surface area contributed by atoms with E-state index in [2.05, 4.69) is 15.3 Å². The number of aromatic nitrogens is 2. The summed E-state index contributed by atoms with van der Waals surface area (Å²) in [7, 11) is 5.62. The van der Waals surface area contributed by atoms with Crippen LogP contribution >= 0.6 is 0 Å². The third-order valence-corrected chi connectivity index (χ3v) is 3.01. The van der Waals surface area contributed by atoms with E-state index >= 15 is 0 Å². The molecule has 0 saturated carbocycles. The van der Waals surface area contributed by atoms with Crippen molar-refractivity contribution in [2.45, 2.75) is 26.0 Å². The lowest BCUT2D eigenvalue weighted by atomic mass is 10.0. The summed E-state index contributed by atoms with van der Waals surface area (Å²) >= 11 is 0. The van der Waals surface area contributed by atoms with Crippen molar-refractivity contribution < 1.29 is 9.84 Å². The fraction of sp³-hybridized carbons (Fsp3) is 0.769. The zero-order valence-electron chi connectivity index (χ0n) is 12.6. The molecular formula is C13H26N4O2. The lowest BCUT2D eigenvalue weighted by molar-refractivity contribution is 0.0450. The number of hydrogen-bond donors (Lipinski definition) is 2. The summed E-state index contributed by atoms with van der Waals surface area (Å²) < 4.78 is 7.13. The van der Waals surface area contributed by atoms with Crippen molar-refractivity contribution in [2.24, 2.45) is 0 Å². The van der Waals surface area contributed by atoms with E-state index in [9.17, 15) is 5.11 Å². The first-order valence-electron chi connectivity index (χ1n) is 6.60. The van der Waals surface area contributed by atoms with Crippen molar-refractivity contribution in [3.63, 3.8) is 0 Å². The van der Waals surface area contributed by atoms with Gasteiger partial charge in [-0.3, -0.25) is 4.68 Å². The second-order valence-electron chi connectivity index (χ2n) is 5.14. The Hall–Kier alpha value is -1.11. The standard InChI is InChI=1S/C13H26N4O2/c1-6-14-10-13(2,18)12-11(19-5)9-15-17(12)8-7-16(3)4/h9,14,18H,6-8,10H2,1-5H3. The molecule has 1 unspecified atom stereocenters. The highest BCUT2D eigenvalue weighted by molar-refractivity contribution is 5.30. The molecule has 0 bridgehead atoms. The molecule has 19 heavy (non-hydrogen) atoms. The van der Waals surface area contributed by atoms with Crippen molar-refractivity contribution >= 4 is 0 Å². The summed E-state index contributed by atoms with van der Waals surface area (Å²) in [5.41, 5.74) is -0.290. The lowest BCUT2D eigenvalue weighted by Crippen LogP contribution is -2.38. The molecule has 0 radical (unpaired) electrons. The summed E-state index contributed by atoms with van der Waals surface area (Å²) in [5.74, 6) is 0.627. The molecule has 0 spiro atoms. The van der Waals surface area contributed by atoms with Gasteiger partial charge in [-0.2, -0.15) is 5.10 Å². The maximum absolute atomic E-state index is 10.6. The van der Waals surface area contributed by atoms with Gasteiger partial charge in [-0.1, -0.05) is 6.92 Å². The number of ether oxygens (including phenoxy) is 1. The van der Waals surface area contributed by atoms with Gasteiger partial charge in [0.15, 0.2) is 5.75 Å². The minimum atomic E-state index is -1.01. The zero-order chi connectivity index (χ0) is 14.5. The van der Waals surface area contributed by atoms with E-state index in [1.54, 1.807) is 20.2 Å². The van der Waals surface area contributed by atoms with Gasteiger partial charge >= 0.3 is 0 Å². The van der Waals surface area contributed by atoms with Gasteiger partial charge in [0.1, 0.15) is 11.3 Å². The number of hydrogen-bond acceptors (Lipinski definition) is 5. The van der Waals surface area contributed by atoms with E-state index in [0.29, 0.717) is 18.8 Å². The molecule has 0 amide bonds. The predicted octanol–water partition coefficient (Wildman–Crippen LogP) is 0.270. The van der Waals surface area contributed by atoms with Crippen LogP contribution in [0, 0.1) is 0 Å². The normalized spacial score (nSPS) is 14.7. The highest BCUT2D eigenvalue weighted by atomic mass is 16.5. The lowest BCUT2D eigenvalue weighted by Gasteiger charge is -2.26. The van der Waals surface area contributed by atoms with Crippen molar-refractivity contribution in [3.8, 4) is 5.75 Å². The zero-order valence-corrected chi connectivity index (χ0v) is 12.6. The van der Waals surface area contributed by atoms with Crippen LogP contribution in [0.2, 0.25) is 0 Å². The molecule has 1 atom stereocenters. The van der Waals surface area contributed by atoms with Gasteiger partial charge in [0.25, 0.3) is 0 Å². The molecule has 0 aromatic carbocycles. The van der Waals surface area contributed by atoms with E-state index < -0.39 is 5.60 Å². The van der Waals surface area contributed by atoms with Crippen molar-refractivity contribution in [3.05, 3.63) is 11.9 Å². The third kappa shape index (κ3) is 4.19. The van der Waals surface area contributed by atoms with Crippen LogP contribution < -0.4 is 10.1 Å². The van der Waals surface area contributed by atoms with Crippen molar-refractivity contribution in [1.29, 1.82) is 0 Å². The molecule has 110 valence electrons. The topological polar surface area (TPSA) is 62.5 Å². The molecule has 6 heteroatoms. The molecule has 1 rings (SSSR count). The Kier molecular flexibility index (Phi) is 5.78. The van der Waals surface area contributed by atoms with Crippen LogP contribution in [0.15, 0.2) is 6.20 Å². The van der Waals surface area contributed by atoms with Crippen LogP contribution in [0.5, 0.6) is 5.75 Å². The Labute approximate surface area is 115 Å². The largest absolute Gasteiger partial charge is 0.493 e. The van der Waals surface area contributed by atoms with Crippen LogP contribution in [0.25, 0.3) is 0 Å². The van der Waals surface area contributed by atoms with Gasteiger partial charge in [-0.25, -0.2) is 0 Å². The smallest absolute Gasteiger partial charge is 0.162 e. The van der Waals surface area contributed by atoms with E-state index in [1.165, 1.54) is 0 Å². The fourth-order valence-electron chi connectivity index (χ4n) is 1.98. The average molecular weight is 270 g/mol. The van der Waals surface area contributed by atoms with Crippen LogP contribution in [0.1, 0.15) is 19.5 Å². The molecule has 1 heterocycles. The highest BCUT2D eigenvalue weighted by Crippen LogP contribution is 2.29. The second-order valence-corrected chi connectivity index (χ2v) is 5.14. The number of methoxy groups -OCH3 is 1. The first kappa shape index (κ1) is 15.9. The maximum Gasteiger partial charge on any atom is 0.162 e. The first-order chi connectivity index (χ1) is 8.92. The van der Waals surface area contributed by atoms with Gasteiger partial charge in [0.05, 0.1) is 19.9 Å². The van der Waals surface area contributed by atoms with E-state index in [0.717, 1.165) is 18.8 Å². The molecule has 0 aliphatic rings. The fourth-order valence-corrected chi connectivity index (χ4v) is 1.98. The van der Waals surface area contributed by atoms with Gasteiger partial charge in [0.2, 0.25) is 0 Å². The van der Waals surface area contributed by atoms with Gasteiger partial charge in [-0.05, 0) is 27.6 Å². The monoisotopic (exact) mass is 270 g/mol. The van der Waals surface area contributed by atoms with Crippen LogP contribution in [0.4, 0.5) is 0 Å². The van der Waals surface area contributed by atoms with Crippen molar-refractivity contribution in [2.75, 3.05) is 40.8 Å². The molecule has 1 aromatic rings. The number of likely N-dealkylation sites (N-methyl/N-ethyl adjacent to an activating group) is 2. The summed E-state index contributed by atoms with van der Waals surface area (Å²) in [6, 6.07) is 0. The molecule has 2 N–H and O–H groups in total. The summed E-state index contributed by atoms with van der Waals surface area (Å²) in [5, 5.41) is 18.1. The molecule has 6 nitrogen and oxygen atoms in total. The quantitative estimate of drug-likeness (QED) is 0.710. The third-order valence-electron chi connectivity index (χ3n) is 3.01. The van der Waals surface area contributed by atoms with Gasteiger partial charge in [0, 0.05) is 13.1 Å². The Morgan fingerprint density at radius 2 is 2.21 bits per heavy atom. The number of rotatable bonds is 8. The molecule has 0 saturated heterocycles. The van der Waals surface area contributed by atoms with Gasteiger partial charge < -0.3 is 20.1 Å². The Balaban J connectivity index is 2.97. The summed E-state index contributed by atoms with van der Waals surface area (Å²) in [6.07, 6.45) is 1.66. The second kappa shape index (κ2) is 6.88. The number of nitrogens with zero attached hydrogens (tertiary/aromatic N) is 3. The minimum absolute atomic E-state index is 0.466. The molecule has 0 fully saturated rings. The predicted molar refractivity (Wildman–Crippen MR) is 75.4 cm³/mol.